The van der Waals surface area contributed by atoms with Gasteiger partial charge in [0, 0.05) is 13.0 Å². The maximum Gasteiger partial charge on any atom is 0.154 e. The van der Waals surface area contributed by atoms with Crippen LogP contribution in [0.1, 0.15) is 38.3 Å². The Kier molecular flexibility index (Phi) is 4.97. The first kappa shape index (κ1) is 11.8. The zero-order valence-electron chi connectivity index (χ0n) is 9.15. The summed E-state index contributed by atoms with van der Waals surface area (Å²) in [6.07, 6.45) is 5.56. The molecule has 15 heavy (non-hydrogen) atoms. The number of hydrogen-bond donors (Lipinski definition) is 1. The van der Waals surface area contributed by atoms with E-state index in [1.807, 2.05) is 0 Å². The van der Waals surface area contributed by atoms with Crippen molar-refractivity contribution in [1.29, 1.82) is 0 Å². The molecule has 0 aliphatic heterocycles. The molecule has 0 bridgehead atoms. The number of nitrogens with two attached hydrogens (primary N) is 1. The fourth-order valence-corrected chi connectivity index (χ4v) is 1.34. The Morgan fingerprint density at radius 1 is 1.53 bits per heavy atom. The van der Waals surface area contributed by atoms with Crippen LogP contribution in [-0.2, 0) is 17.9 Å². The van der Waals surface area contributed by atoms with Gasteiger partial charge >= 0.3 is 0 Å². The van der Waals surface area contributed by atoms with E-state index in [2.05, 4.69) is 17.2 Å². The van der Waals surface area contributed by atoms with Crippen LogP contribution in [0.4, 0.5) is 0 Å². The number of Topliss-reactive ketones (excluding diaryl/α,β-unsaturated/α-hetero) is 1. The molecule has 0 atom stereocenters. The summed E-state index contributed by atoms with van der Waals surface area (Å²) in [7, 11) is 0. The van der Waals surface area contributed by atoms with Crippen LogP contribution < -0.4 is 5.73 Å². The van der Waals surface area contributed by atoms with Crippen LogP contribution in [0.25, 0.3) is 0 Å². The van der Waals surface area contributed by atoms with Crippen LogP contribution in [0, 0.1) is 0 Å². The first-order valence-corrected chi connectivity index (χ1v) is 5.37. The number of rotatable bonds is 7. The predicted octanol–water partition coefficient (Wildman–Crippen LogP) is 0.886. The highest BCUT2D eigenvalue weighted by Crippen LogP contribution is 2.01. The number of hydrogen-bond acceptors (Lipinski definition) is 4. The molecule has 0 aliphatic carbocycles. The first-order valence-electron chi connectivity index (χ1n) is 5.37. The highest BCUT2D eigenvalue weighted by atomic mass is 16.1. The van der Waals surface area contributed by atoms with E-state index in [1.54, 1.807) is 10.9 Å². The van der Waals surface area contributed by atoms with E-state index >= 15 is 0 Å². The Hall–Kier alpha value is -1.23. The van der Waals surface area contributed by atoms with Gasteiger partial charge in [-0.15, -0.1) is 5.10 Å². The zero-order valence-corrected chi connectivity index (χ0v) is 9.15. The zero-order chi connectivity index (χ0) is 11.1. The van der Waals surface area contributed by atoms with Gasteiger partial charge in [0.25, 0.3) is 0 Å². The summed E-state index contributed by atoms with van der Waals surface area (Å²) in [5.41, 5.74) is 6.11. The van der Waals surface area contributed by atoms with E-state index in [1.165, 1.54) is 0 Å². The molecule has 1 aromatic rings. The third kappa shape index (κ3) is 4.20. The lowest BCUT2D eigenvalue weighted by atomic mass is 10.1. The number of carbonyl (C=O) groups excluding carboxylic acids is 1. The van der Waals surface area contributed by atoms with Crippen molar-refractivity contribution in [2.45, 2.75) is 45.7 Å². The minimum atomic E-state index is 0.205. The standard InChI is InChI=1S/C10H18N4O/c1-2-3-4-5-10(15)8-14-7-9(6-11)12-13-14/h7H,2-6,8,11H2,1H3. The Morgan fingerprint density at radius 3 is 2.93 bits per heavy atom. The molecule has 84 valence electrons. The van der Waals surface area contributed by atoms with Gasteiger partial charge in [0.15, 0.2) is 5.78 Å². The molecule has 5 heteroatoms. The van der Waals surface area contributed by atoms with Crippen molar-refractivity contribution in [3.05, 3.63) is 11.9 Å². The van der Waals surface area contributed by atoms with Gasteiger partial charge < -0.3 is 5.73 Å². The van der Waals surface area contributed by atoms with E-state index in [0.717, 1.165) is 25.0 Å². The fourth-order valence-electron chi connectivity index (χ4n) is 1.34. The van der Waals surface area contributed by atoms with E-state index in [-0.39, 0.29) is 5.78 Å². The van der Waals surface area contributed by atoms with Crippen molar-refractivity contribution < 1.29 is 4.79 Å². The summed E-state index contributed by atoms with van der Waals surface area (Å²) in [5.74, 6) is 0.205. The molecule has 0 spiro atoms. The van der Waals surface area contributed by atoms with Crippen LogP contribution in [0.2, 0.25) is 0 Å². The van der Waals surface area contributed by atoms with Gasteiger partial charge in [-0.05, 0) is 6.42 Å². The maximum absolute atomic E-state index is 11.5. The lowest BCUT2D eigenvalue weighted by Gasteiger charge is -1.99. The smallest absolute Gasteiger partial charge is 0.154 e. The average Bonchev–Trinajstić information content (AvgIpc) is 2.66. The van der Waals surface area contributed by atoms with Crippen molar-refractivity contribution in [3.63, 3.8) is 0 Å². The second-order valence-electron chi connectivity index (χ2n) is 3.61. The summed E-state index contributed by atoms with van der Waals surface area (Å²) in [5, 5.41) is 7.64. The Labute approximate surface area is 89.6 Å². The minimum absolute atomic E-state index is 0.205. The van der Waals surface area contributed by atoms with Crippen LogP contribution in [-0.4, -0.2) is 20.8 Å². The third-order valence-corrected chi connectivity index (χ3v) is 2.19. The third-order valence-electron chi connectivity index (χ3n) is 2.19. The SMILES string of the molecule is CCCCCC(=O)Cn1cc(CN)nn1. The molecular formula is C10H18N4O. The fraction of sp³-hybridized carbons (Fsp3) is 0.700. The van der Waals surface area contributed by atoms with E-state index in [9.17, 15) is 4.79 Å². The predicted molar refractivity (Wildman–Crippen MR) is 57.1 cm³/mol. The van der Waals surface area contributed by atoms with Gasteiger partial charge in [0.05, 0.1) is 11.9 Å². The molecule has 0 amide bonds. The molecule has 5 nitrogen and oxygen atoms in total. The summed E-state index contributed by atoms with van der Waals surface area (Å²) in [6.45, 7) is 2.80. The number of aromatic nitrogens is 3. The highest BCUT2D eigenvalue weighted by molar-refractivity contribution is 5.77. The molecule has 1 rings (SSSR count). The summed E-state index contributed by atoms with van der Waals surface area (Å²) < 4.78 is 1.55. The molecule has 1 aromatic heterocycles. The van der Waals surface area contributed by atoms with E-state index in [0.29, 0.717) is 19.5 Å². The lowest BCUT2D eigenvalue weighted by molar-refractivity contribution is -0.119. The van der Waals surface area contributed by atoms with Crippen LogP contribution >= 0.6 is 0 Å². The molecule has 0 aromatic carbocycles. The van der Waals surface area contributed by atoms with Crippen molar-refractivity contribution in [1.82, 2.24) is 15.0 Å². The monoisotopic (exact) mass is 210 g/mol. The van der Waals surface area contributed by atoms with Crippen molar-refractivity contribution in [2.24, 2.45) is 5.73 Å². The Morgan fingerprint density at radius 2 is 2.33 bits per heavy atom. The molecule has 0 unspecified atom stereocenters. The number of unbranched alkanes of at least 4 members (excludes halogenated alkanes) is 2. The first-order chi connectivity index (χ1) is 7.26. The lowest BCUT2D eigenvalue weighted by Crippen LogP contribution is -2.10. The number of ketones is 1. The van der Waals surface area contributed by atoms with Crippen molar-refractivity contribution >= 4 is 5.78 Å². The molecule has 0 saturated heterocycles. The molecule has 1 heterocycles. The topological polar surface area (TPSA) is 73.8 Å². The molecule has 0 fully saturated rings. The van der Waals surface area contributed by atoms with E-state index < -0.39 is 0 Å². The van der Waals surface area contributed by atoms with Gasteiger partial charge in [0.1, 0.15) is 6.54 Å². The Bertz CT molecular complexity index is 308. The maximum atomic E-state index is 11.5. The van der Waals surface area contributed by atoms with E-state index in [4.69, 9.17) is 5.73 Å². The molecule has 0 aliphatic rings. The number of nitrogens with zero attached hydrogens (tertiary/aromatic N) is 3. The summed E-state index contributed by atoms with van der Waals surface area (Å²) >= 11 is 0. The second kappa shape index (κ2) is 6.29. The van der Waals surface area contributed by atoms with Gasteiger partial charge in [-0.2, -0.15) is 0 Å². The van der Waals surface area contributed by atoms with Crippen LogP contribution in [0.3, 0.4) is 0 Å². The second-order valence-corrected chi connectivity index (χ2v) is 3.61. The van der Waals surface area contributed by atoms with Crippen LogP contribution in [0.15, 0.2) is 6.20 Å². The molecule has 0 saturated carbocycles. The van der Waals surface area contributed by atoms with Gasteiger partial charge in [-0.1, -0.05) is 25.0 Å². The summed E-state index contributed by atoms with van der Waals surface area (Å²) in [6, 6.07) is 0. The van der Waals surface area contributed by atoms with Crippen molar-refractivity contribution in [3.8, 4) is 0 Å². The number of carbonyl (C=O) groups is 1. The van der Waals surface area contributed by atoms with Gasteiger partial charge in [-0.3, -0.25) is 4.79 Å². The quantitative estimate of drug-likeness (QED) is 0.678. The normalized spacial score (nSPS) is 10.5. The molecule has 2 N–H and O–H groups in total. The van der Waals surface area contributed by atoms with Gasteiger partial charge in [0.2, 0.25) is 0 Å². The molecule has 0 radical (unpaired) electrons. The Balaban J connectivity index is 2.31. The van der Waals surface area contributed by atoms with Gasteiger partial charge in [-0.25, -0.2) is 4.68 Å². The average molecular weight is 210 g/mol. The largest absolute Gasteiger partial charge is 0.325 e. The van der Waals surface area contributed by atoms with Crippen molar-refractivity contribution in [2.75, 3.05) is 0 Å². The minimum Gasteiger partial charge on any atom is -0.325 e. The summed E-state index contributed by atoms with van der Waals surface area (Å²) in [4.78, 5) is 11.5. The van der Waals surface area contributed by atoms with Crippen LogP contribution in [0.5, 0.6) is 0 Å². The highest BCUT2D eigenvalue weighted by Gasteiger charge is 2.04. The molecular weight excluding hydrogens is 192 g/mol.